The number of halogens is 1. The molecule has 0 amide bonds. The molecular formula is C14H12ClNO2. The number of aromatic nitrogens is 1. The van der Waals surface area contributed by atoms with Crippen LogP contribution < -0.4 is 0 Å². The monoisotopic (exact) mass is 261 g/mol. The van der Waals surface area contributed by atoms with E-state index in [4.69, 9.17) is 11.6 Å². The second kappa shape index (κ2) is 4.78. The summed E-state index contributed by atoms with van der Waals surface area (Å²) in [4.78, 5) is 25.7. The molecule has 1 aromatic heterocycles. The minimum Gasteiger partial charge on any atom is -0.355 e. The molecule has 0 aliphatic rings. The maximum absolute atomic E-state index is 11.7. The van der Waals surface area contributed by atoms with Gasteiger partial charge in [-0.15, -0.1) is 0 Å². The zero-order valence-corrected chi connectivity index (χ0v) is 10.8. The quantitative estimate of drug-likeness (QED) is 0.677. The SMILES string of the molecule is CC(=O)c1c(C)[nH]c(C=O)c1-c1ccc(Cl)cc1. The number of ketones is 1. The molecule has 18 heavy (non-hydrogen) atoms. The van der Waals surface area contributed by atoms with Gasteiger partial charge in [-0.3, -0.25) is 9.59 Å². The van der Waals surface area contributed by atoms with Crippen molar-refractivity contribution in [2.24, 2.45) is 0 Å². The second-order valence-electron chi connectivity index (χ2n) is 4.09. The molecule has 92 valence electrons. The number of benzene rings is 1. The number of aromatic amines is 1. The van der Waals surface area contributed by atoms with Crippen molar-refractivity contribution in [2.45, 2.75) is 13.8 Å². The summed E-state index contributed by atoms with van der Waals surface area (Å²) in [6, 6.07) is 7.06. The first-order valence-corrected chi connectivity index (χ1v) is 5.87. The molecular weight excluding hydrogens is 250 g/mol. The summed E-state index contributed by atoms with van der Waals surface area (Å²) in [5.41, 5.74) is 3.12. The number of carbonyl (C=O) groups excluding carboxylic acids is 2. The molecule has 4 heteroatoms. The summed E-state index contributed by atoms with van der Waals surface area (Å²) < 4.78 is 0. The van der Waals surface area contributed by atoms with Gasteiger partial charge in [0, 0.05) is 21.8 Å². The van der Waals surface area contributed by atoms with Gasteiger partial charge in [0.05, 0.1) is 5.69 Å². The van der Waals surface area contributed by atoms with Crippen LogP contribution in [0.2, 0.25) is 5.02 Å². The molecule has 0 unspecified atom stereocenters. The van der Waals surface area contributed by atoms with E-state index in [1.54, 1.807) is 31.2 Å². The fraction of sp³-hybridized carbons (Fsp3) is 0.143. The fourth-order valence-corrected chi connectivity index (χ4v) is 2.22. The predicted octanol–water partition coefficient (Wildman–Crippen LogP) is 3.66. The summed E-state index contributed by atoms with van der Waals surface area (Å²) in [6.45, 7) is 3.27. The summed E-state index contributed by atoms with van der Waals surface area (Å²) in [5, 5.41) is 0.614. The van der Waals surface area contributed by atoms with Gasteiger partial charge in [0.15, 0.2) is 12.1 Å². The van der Waals surface area contributed by atoms with Crippen molar-refractivity contribution in [2.75, 3.05) is 0 Å². The number of Topliss-reactive ketones (excluding diaryl/α,β-unsaturated/α-hetero) is 1. The number of H-pyrrole nitrogens is 1. The minimum absolute atomic E-state index is 0.0678. The van der Waals surface area contributed by atoms with Crippen LogP contribution in [-0.2, 0) is 0 Å². The van der Waals surface area contributed by atoms with Crippen LogP contribution in [0.1, 0.15) is 33.5 Å². The zero-order valence-electron chi connectivity index (χ0n) is 10.1. The Balaban J connectivity index is 2.71. The van der Waals surface area contributed by atoms with Crippen molar-refractivity contribution in [1.82, 2.24) is 4.98 Å². The van der Waals surface area contributed by atoms with Crippen LogP contribution in [-0.4, -0.2) is 17.1 Å². The van der Waals surface area contributed by atoms with Crippen LogP contribution in [0.4, 0.5) is 0 Å². The Hall–Kier alpha value is -1.87. The van der Waals surface area contributed by atoms with Crippen LogP contribution in [0.5, 0.6) is 0 Å². The lowest BCUT2D eigenvalue weighted by atomic mass is 9.98. The number of nitrogens with one attached hydrogen (secondary N) is 1. The largest absolute Gasteiger partial charge is 0.355 e. The van der Waals surface area contributed by atoms with Gasteiger partial charge in [-0.1, -0.05) is 23.7 Å². The van der Waals surface area contributed by atoms with Crippen LogP contribution in [0.25, 0.3) is 11.1 Å². The predicted molar refractivity (Wildman–Crippen MR) is 71.4 cm³/mol. The highest BCUT2D eigenvalue weighted by Gasteiger charge is 2.19. The van der Waals surface area contributed by atoms with Crippen molar-refractivity contribution in [3.63, 3.8) is 0 Å². The van der Waals surface area contributed by atoms with Crippen LogP contribution in [0.15, 0.2) is 24.3 Å². The van der Waals surface area contributed by atoms with Gasteiger partial charge < -0.3 is 4.98 Å². The van der Waals surface area contributed by atoms with E-state index < -0.39 is 0 Å². The first-order valence-electron chi connectivity index (χ1n) is 5.49. The van der Waals surface area contributed by atoms with Crippen LogP contribution in [0.3, 0.4) is 0 Å². The average molecular weight is 262 g/mol. The van der Waals surface area contributed by atoms with Crippen molar-refractivity contribution in [1.29, 1.82) is 0 Å². The summed E-state index contributed by atoms with van der Waals surface area (Å²) in [5.74, 6) is -0.0678. The Morgan fingerprint density at radius 2 is 1.89 bits per heavy atom. The first-order chi connectivity index (χ1) is 8.54. The fourth-order valence-electron chi connectivity index (χ4n) is 2.09. The number of hydrogen-bond acceptors (Lipinski definition) is 2. The highest BCUT2D eigenvalue weighted by atomic mass is 35.5. The van der Waals surface area contributed by atoms with Crippen molar-refractivity contribution in [3.05, 3.63) is 46.2 Å². The molecule has 0 fully saturated rings. The van der Waals surface area contributed by atoms with E-state index in [0.29, 0.717) is 27.5 Å². The van der Waals surface area contributed by atoms with Crippen molar-refractivity contribution >= 4 is 23.7 Å². The van der Waals surface area contributed by atoms with E-state index in [1.807, 2.05) is 0 Å². The molecule has 0 radical (unpaired) electrons. The molecule has 0 atom stereocenters. The third kappa shape index (κ3) is 2.09. The van der Waals surface area contributed by atoms with Gasteiger partial charge in [0.1, 0.15) is 0 Å². The molecule has 3 nitrogen and oxygen atoms in total. The van der Waals surface area contributed by atoms with E-state index in [2.05, 4.69) is 4.98 Å². The molecule has 0 saturated heterocycles. The molecule has 1 aromatic carbocycles. The lowest BCUT2D eigenvalue weighted by molar-refractivity contribution is 0.101. The van der Waals surface area contributed by atoms with Gasteiger partial charge in [-0.05, 0) is 31.5 Å². The molecule has 1 heterocycles. The third-order valence-electron chi connectivity index (χ3n) is 2.82. The Morgan fingerprint density at radius 1 is 1.28 bits per heavy atom. The Labute approximate surface area is 110 Å². The number of hydrogen-bond donors (Lipinski definition) is 1. The molecule has 2 aromatic rings. The molecule has 0 bridgehead atoms. The molecule has 1 N–H and O–H groups in total. The second-order valence-corrected chi connectivity index (χ2v) is 4.53. The highest BCUT2D eigenvalue weighted by molar-refractivity contribution is 6.30. The third-order valence-corrected chi connectivity index (χ3v) is 3.07. The van der Waals surface area contributed by atoms with E-state index in [1.165, 1.54) is 6.92 Å². The summed E-state index contributed by atoms with van der Waals surface area (Å²) in [7, 11) is 0. The van der Waals surface area contributed by atoms with Crippen molar-refractivity contribution < 1.29 is 9.59 Å². The number of aldehydes is 1. The molecule has 0 aliphatic carbocycles. The highest BCUT2D eigenvalue weighted by Crippen LogP contribution is 2.30. The summed E-state index contributed by atoms with van der Waals surface area (Å²) in [6.07, 6.45) is 0.726. The van der Waals surface area contributed by atoms with E-state index in [0.717, 1.165) is 11.8 Å². The lowest BCUT2D eigenvalue weighted by Crippen LogP contribution is -1.96. The molecule has 0 spiro atoms. The first kappa shape index (κ1) is 12.6. The van der Waals surface area contributed by atoms with Gasteiger partial charge in [0.2, 0.25) is 0 Å². The topological polar surface area (TPSA) is 49.9 Å². The van der Waals surface area contributed by atoms with E-state index >= 15 is 0 Å². The van der Waals surface area contributed by atoms with Gasteiger partial charge in [-0.2, -0.15) is 0 Å². The maximum Gasteiger partial charge on any atom is 0.166 e. The average Bonchev–Trinajstić information content (AvgIpc) is 2.67. The Morgan fingerprint density at radius 3 is 2.39 bits per heavy atom. The Bertz CT molecular complexity index is 611. The molecule has 0 aliphatic heterocycles. The Kier molecular flexibility index (Phi) is 3.34. The minimum atomic E-state index is -0.0678. The lowest BCUT2D eigenvalue weighted by Gasteiger charge is -2.03. The van der Waals surface area contributed by atoms with E-state index in [9.17, 15) is 9.59 Å². The zero-order chi connectivity index (χ0) is 13.3. The van der Waals surface area contributed by atoms with Crippen molar-refractivity contribution in [3.8, 4) is 11.1 Å². The smallest absolute Gasteiger partial charge is 0.166 e. The molecule has 0 saturated carbocycles. The number of carbonyl (C=O) groups is 2. The van der Waals surface area contributed by atoms with E-state index in [-0.39, 0.29) is 5.78 Å². The number of aryl methyl sites for hydroxylation is 1. The van der Waals surface area contributed by atoms with Gasteiger partial charge in [0.25, 0.3) is 0 Å². The standard InChI is InChI=1S/C14H12ClNO2/c1-8-13(9(2)18)14(12(7-17)16-8)10-3-5-11(15)6-4-10/h3-7,16H,1-2H3. The van der Waals surface area contributed by atoms with Gasteiger partial charge in [-0.25, -0.2) is 0 Å². The van der Waals surface area contributed by atoms with Gasteiger partial charge >= 0.3 is 0 Å². The number of rotatable bonds is 3. The molecule has 2 rings (SSSR count). The summed E-state index contributed by atoms with van der Waals surface area (Å²) >= 11 is 5.84. The van der Waals surface area contributed by atoms with Crippen LogP contribution >= 0.6 is 11.6 Å². The maximum atomic E-state index is 11.7. The normalized spacial score (nSPS) is 10.4. The van der Waals surface area contributed by atoms with Crippen LogP contribution in [0, 0.1) is 6.92 Å².